The Morgan fingerprint density at radius 1 is 1.23 bits per heavy atom. The first-order chi connectivity index (χ1) is 6.22. The number of fused-ring (bicyclic) bond motifs is 1. The number of hydrogen-bond acceptors (Lipinski definition) is 1. The minimum atomic E-state index is 1.20. The first kappa shape index (κ1) is 8.17. The van der Waals surface area contributed by atoms with Gasteiger partial charge in [0.2, 0.25) is 0 Å². The summed E-state index contributed by atoms with van der Waals surface area (Å²) in [6.07, 6.45) is 0. The molecular weight excluding hydrogens is 160 g/mol. The Bertz CT molecular complexity index is 441. The zero-order valence-corrected chi connectivity index (χ0v) is 8.23. The van der Waals surface area contributed by atoms with Crippen molar-refractivity contribution >= 4 is 16.6 Å². The van der Waals surface area contributed by atoms with Gasteiger partial charge in [-0.15, -0.1) is 0 Å². The highest BCUT2D eigenvalue weighted by molar-refractivity contribution is 5.94. The second-order valence-electron chi connectivity index (χ2n) is 3.42. The van der Waals surface area contributed by atoms with E-state index in [-0.39, 0.29) is 0 Å². The number of nitrogens with one attached hydrogen (secondary N) is 2. The van der Waals surface area contributed by atoms with Crippen LogP contribution in [0.3, 0.4) is 0 Å². The van der Waals surface area contributed by atoms with Crippen LogP contribution in [0.5, 0.6) is 0 Å². The highest BCUT2D eigenvalue weighted by atomic mass is 14.9. The summed E-state index contributed by atoms with van der Waals surface area (Å²) in [6, 6.07) is 6.46. The van der Waals surface area contributed by atoms with Crippen molar-refractivity contribution in [2.45, 2.75) is 13.8 Å². The van der Waals surface area contributed by atoms with E-state index in [1.54, 1.807) is 0 Å². The molecule has 0 spiro atoms. The Morgan fingerprint density at radius 2 is 2.00 bits per heavy atom. The summed E-state index contributed by atoms with van der Waals surface area (Å²) in [6.45, 7) is 4.19. The van der Waals surface area contributed by atoms with Crippen LogP contribution in [-0.2, 0) is 0 Å². The Kier molecular flexibility index (Phi) is 1.76. The minimum absolute atomic E-state index is 1.20. The Morgan fingerprint density at radius 3 is 2.69 bits per heavy atom. The molecular formula is C11H14N2. The summed E-state index contributed by atoms with van der Waals surface area (Å²) in [4.78, 5) is 3.36. The molecule has 0 bridgehead atoms. The number of aromatic amines is 1. The Hall–Kier alpha value is -1.44. The molecule has 2 heteroatoms. The molecule has 0 radical (unpaired) electrons. The first-order valence-electron chi connectivity index (χ1n) is 4.49. The molecule has 2 N–H and O–H groups in total. The van der Waals surface area contributed by atoms with Gasteiger partial charge in [-0.1, -0.05) is 12.1 Å². The second kappa shape index (κ2) is 2.80. The van der Waals surface area contributed by atoms with Crippen LogP contribution >= 0.6 is 0 Å². The maximum atomic E-state index is 3.36. The van der Waals surface area contributed by atoms with Gasteiger partial charge >= 0.3 is 0 Å². The quantitative estimate of drug-likeness (QED) is 0.683. The van der Waals surface area contributed by atoms with Crippen LogP contribution in [0.25, 0.3) is 10.9 Å². The number of hydrogen-bond donors (Lipinski definition) is 2. The molecule has 0 saturated carbocycles. The summed E-state index contributed by atoms with van der Waals surface area (Å²) in [5.74, 6) is 0. The average Bonchev–Trinajstić information content (AvgIpc) is 2.39. The lowest BCUT2D eigenvalue weighted by Gasteiger charge is -1.98. The Labute approximate surface area is 78.0 Å². The molecule has 2 rings (SSSR count). The van der Waals surface area contributed by atoms with Crippen molar-refractivity contribution in [3.8, 4) is 0 Å². The fraction of sp³-hybridized carbons (Fsp3) is 0.273. The van der Waals surface area contributed by atoms with Crippen LogP contribution < -0.4 is 5.32 Å². The number of aryl methyl sites for hydroxylation is 2. The van der Waals surface area contributed by atoms with Gasteiger partial charge in [0.15, 0.2) is 0 Å². The van der Waals surface area contributed by atoms with Crippen LogP contribution in [-0.4, -0.2) is 12.0 Å². The topological polar surface area (TPSA) is 27.8 Å². The largest absolute Gasteiger partial charge is 0.386 e. The van der Waals surface area contributed by atoms with E-state index in [9.17, 15) is 0 Å². The molecule has 2 aromatic rings. The van der Waals surface area contributed by atoms with Gasteiger partial charge < -0.3 is 10.3 Å². The van der Waals surface area contributed by atoms with Crippen LogP contribution in [0.4, 0.5) is 5.69 Å². The molecule has 13 heavy (non-hydrogen) atoms. The van der Waals surface area contributed by atoms with E-state index in [1.165, 1.54) is 27.8 Å². The molecule has 0 aliphatic carbocycles. The van der Waals surface area contributed by atoms with Crippen molar-refractivity contribution in [1.82, 2.24) is 4.98 Å². The number of rotatable bonds is 1. The van der Waals surface area contributed by atoms with Crippen LogP contribution in [0, 0.1) is 13.8 Å². The standard InChI is InChI=1S/C11H14N2/c1-7-4-5-9-10(6-7)13-8(2)11(9)12-3/h4-6,12-13H,1-3H3. The van der Waals surface area contributed by atoms with Gasteiger partial charge in [0, 0.05) is 23.6 Å². The molecule has 1 heterocycles. The van der Waals surface area contributed by atoms with Crippen molar-refractivity contribution in [1.29, 1.82) is 0 Å². The highest BCUT2D eigenvalue weighted by Crippen LogP contribution is 2.27. The number of aromatic nitrogens is 1. The lowest BCUT2D eigenvalue weighted by atomic mass is 10.1. The van der Waals surface area contributed by atoms with Gasteiger partial charge in [0.1, 0.15) is 0 Å². The molecule has 1 aromatic carbocycles. The number of anilines is 1. The number of benzene rings is 1. The average molecular weight is 174 g/mol. The van der Waals surface area contributed by atoms with Gasteiger partial charge in [-0.2, -0.15) is 0 Å². The van der Waals surface area contributed by atoms with Crippen molar-refractivity contribution in [2.24, 2.45) is 0 Å². The molecule has 0 amide bonds. The van der Waals surface area contributed by atoms with Crippen molar-refractivity contribution in [3.63, 3.8) is 0 Å². The van der Waals surface area contributed by atoms with Crippen molar-refractivity contribution in [2.75, 3.05) is 12.4 Å². The van der Waals surface area contributed by atoms with Crippen LogP contribution in [0.2, 0.25) is 0 Å². The summed E-state index contributed by atoms with van der Waals surface area (Å²) in [5, 5.41) is 4.48. The van der Waals surface area contributed by atoms with E-state index in [0.717, 1.165) is 0 Å². The molecule has 0 unspecified atom stereocenters. The molecule has 0 aliphatic rings. The summed E-state index contributed by atoms with van der Waals surface area (Å²) in [5.41, 5.74) is 4.90. The van der Waals surface area contributed by atoms with Gasteiger partial charge in [0.05, 0.1) is 5.69 Å². The first-order valence-corrected chi connectivity index (χ1v) is 4.49. The lowest BCUT2D eigenvalue weighted by molar-refractivity contribution is 1.29. The van der Waals surface area contributed by atoms with Crippen molar-refractivity contribution in [3.05, 3.63) is 29.5 Å². The molecule has 0 atom stereocenters. The van der Waals surface area contributed by atoms with Crippen molar-refractivity contribution < 1.29 is 0 Å². The van der Waals surface area contributed by atoms with Gasteiger partial charge in [-0.3, -0.25) is 0 Å². The van der Waals surface area contributed by atoms with Crippen LogP contribution in [0.1, 0.15) is 11.3 Å². The number of H-pyrrole nitrogens is 1. The predicted molar refractivity (Wildman–Crippen MR) is 57.3 cm³/mol. The van der Waals surface area contributed by atoms with Gasteiger partial charge in [-0.25, -0.2) is 0 Å². The van der Waals surface area contributed by atoms with E-state index >= 15 is 0 Å². The molecule has 68 valence electrons. The van der Waals surface area contributed by atoms with E-state index in [0.29, 0.717) is 0 Å². The fourth-order valence-electron chi connectivity index (χ4n) is 1.77. The molecule has 0 aliphatic heterocycles. The summed E-state index contributed by atoms with van der Waals surface area (Å²) >= 11 is 0. The second-order valence-corrected chi connectivity index (χ2v) is 3.42. The maximum absolute atomic E-state index is 3.36. The zero-order valence-electron chi connectivity index (χ0n) is 8.23. The monoisotopic (exact) mass is 174 g/mol. The summed E-state index contributed by atoms with van der Waals surface area (Å²) in [7, 11) is 1.95. The SMILES string of the molecule is CNc1c(C)[nH]c2cc(C)ccc12. The Balaban J connectivity index is 2.79. The highest BCUT2D eigenvalue weighted by Gasteiger charge is 2.05. The lowest BCUT2D eigenvalue weighted by Crippen LogP contribution is -1.87. The van der Waals surface area contributed by atoms with Gasteiger partial charge in [-0.05, 0) is 25.5 Å². The van der Waals surface area contributed by atoms with E-state index in [1.807, 2.05) is 7.05 Å². The van der Waals surface area contributed by atoms with Gasteiger partial charge in [0.25, 0.3) is 0 Å². The molecule has 2 nitrogen and oxygen atoms in total. The van der Waals surface area contributed by atoms with Crippen LogP contribution in [0.15, 0.2) is 18.2 Å². The third-order valence-electron chi connectivity index (χ3n) is 2.39. The van der Waals surface area contributed by atoms with E-state index < -0.39 is 0 Å². The minimum Gasteiger partial charge on any atom is -0.386 e. The van der Waals surface area contributed by atoms with E-state index in [4.69, 9.17) is 0 Å². The normalized spacial score (nSPS) is 10.7. The summed E-state index contributed by atoms with van der Waals surface area (Å²) < 4.78 is 0. The zero-order chi connectivity index (χ0) is 9.42. The van der Waals surface area contributed by atoms with E-state index in [2.05, 4.69) is 42.3 Å². The maximum Gasteiger partial charge on any atom is 0.0625 e. The third kappa shape index (κ3) is 1.18. The molecule has 0 fully saturated rings. The molecule has 1 aromatic heterocycles. The third-order valence-corrected chi connectivity index (χ3v) is 2.39. The molecule has 0 saturated heterocycles. The predicted octanol–water partition coefficient (Wildman–Crippen LogP) is 2.83. The fourth-order valence-corrected chi connectivity index (χ4v) is 1.77. The smallest absolute Gasteiger partial charge is 0.0625 e.